The summed E-state index contributed by atoms with van der Waals surface area (Å²) in [4.78, 5) is 26.7. The van der Waals surface area contributed by atoms with Gasteiger partial charge in [0.25, 0.3) is 5.91 Å². The van der Waals surface area contributed by atoms with E-state index in [2.05, 4.69) is 36.1 Å². The lowest BCUT2D eigenvalue weighted by Crippen LogP contribution is -2.39. The van der Waals surface area contributed by atoms with E-state index in [1.54, 1.807) is 12.3 Å². The van der Waals surface area contributed by atoms with Crippen molar-refractivity contribution >= 4 is 28.5 Å². The van der Waals surface area contributed by atoms with Crippen LogP contribution in [0.4, 0.5) is 0 Å². The Bertz CT molecular complexity index is 1720. The monoisotopic (exact) mass is 538 g/mol. The van der Waals surface area contributed by atoms with E-state index in [4.69, 9.17) is 16.6 Å². The Morgan fingerprint density at radius 1 is 1.18 bits per heavy atom. The van der Waals surface area contributed by atoms with Crippen LogP contribution in [0.5, 0.6) is 5.75 Å². The van der Waals surface area contributed by atoms with Crippen LogP contribution in [0.1, 0.15) is 47.6 Å². The Balaban J connectivity index is 1.40. The Morgan fingerprint density at radius 2 is 2.05 bits per heavy atom. The number of aromatic hydroxyl groups is 1. The molecule has 1 unspecified atom stereocenters. The van der Waals surface area contributed by atoms with Crippen molar-refractivity contribution in [2.45, 2.75) is 37.8 Å². The van der Waals surface area contributed by atoms with E-state index in [1.807, 2.05) is 24.3 Å². The maximum absolute atomic E-state index is 13.0. The van der Waals surface area contributed by atoms with Crippen molar-refractivity contribution in [2.24, 2.45) is 0 Å². The summed E-state index contributed by atoms with van der Waals surface area (Å²) in [5.41, 5.74) is 3.56. The van der Waals surface area contributed by atoms with Gasteiger partial charge in [0.15, 0.2) is 5.82 Å². The molecule has 0 saturated heterocycles. The van der Waals surface area contributed by atoms with Crippen molar-refractivity contribution in [3.05, 3.63) is 77.2 Å². The number of nitriles is 1. The zero-order chi connectivity index (χ0) is 26.9. The number of halogens is 1. The molecule has 2 aromatic carbocycles. The van der Waals surface area contributed by atoms with Crippen LogP contribution in [-0.4, -0.2) is 46.8 Å². The Hall–Kier alpha value is -4.75. The number of benzene rings is 2. The maximum Gasteiger partial charge on any atom is 0.255 e. The highest BCUT2D eigenvalue weighted by Crippen LogP contribution is 2.37. The molecular formula is C28H23ClN8O2. The number of aromatic nitrogens is 6. The predicted octanol–water partition coefficient (Wildman–Crippen LogP) is 5.03. The molecule has 11 heteroatoms. The van der Waals surface area contributed by atoms with Gasteiger partial charge in [-0.1, -0.05) is 23.7 Å². The van der Waals surface area contributed by atoms with Gasteiger partial charge in [0.2, 0.25) is 0 Å². The van der Waals surface area contributed by atoms with E-state index in [1.165, 1.54) is 24.5 Å². The molecule has 0 spiro atoms. The van der Waals surface area contributed by atoms with E-state index < -0.39 is 0 Å². The number of nitrogens with zero attached hydrogens (tertiary/aromatic N) is 6. The summed E-state index contributed by atoms with van der Waals surface area (Å²) in [6, 6.07) is 15.9. The number of hydrogen-bond acceptors (Lipinski definition) is 7. The second kappa shape index (κ2) is 10.2. The second-order valence-corrected chi connectivity index (χ2v) is 9.94. The lowest BCUT2D eigenvalue weighted by molar-refractivity contribution is 0.0918. The summed E-state index contributed by atoms with van der Waals surface area (Å²) in [6.07, 6.45) is 6.30. The number of aromatic amines is 1. The maximum atomic E-state index is 13.0. The summed E-state index contributed by atoms with van der Waals surface area (Å²) in [7, 11) is 0. The number of nitrogens with one attached hydrogen (secondary N) is 2. The minimum absolute atomic E-state index is 0.0197. The fraction of sp³-hybridized carbons (Fsp3) is 0.214. The number of carbonyl (C=O) groups excluding carboxylic acids is 1. The van der Waals surface area contributed by atoms with E-state index in [0.717, 1.165) is 30.3 Å². The van der Waals surface area contributed by atoms with E-state index in [0.29, 0.717) is 39.9 Å². The van der Waals surface area contributed by atoms with Crippen LogP contribution in [0.15, 0.2) is 61.1 Å². The fourth-order valence-corrected chi connectivity index (χ4v) is 5.45. The number of amides is 1. The van der Waals surface area contributed by atoms with Crippen molar-refractivity contribution in [1.82, 2.24) is 35.0 Å². The summed E-state index contributed by atoms with van der Waals surface area (Å²) < 4.78 is 2.15. The summed E-state index contributed by atoms with van der Waals surface area (Å²) in [5.74, 6) is 0.720. The summed E-state index contributed by atoms with van der Waals surface area (Å²) >= 11 is 6.06. The first kappa shape index (κ1) is 24.6. The Labute approximate surface area is 228 Å². The smallest absolute Gasteiger partial charge is 0.255 e. The van der Waals surface area contributed by atoms with Gasteiger partial charge in [-0.2, -0.15) is 10.4 Å². The van der Waals surface area contributed by atoms with Crippen molar-refractivity contribution in [2.75, 3.05) is 0 Å². The number of imidazole rings is 1. The number of rotatable bonds is 5. The molecular weight excluding hydrogens is 516 g/mol. The first-order valence-electron chi connectivity index (χ1n) is 12.5. The number of H-pyrrole nitrogens is 1. The molecule has 0 radical (unpaired) electrons. The average Bonchev–Trinajstić information content (AvgIpc) is 3.62. The molecule has 2 atom stereocenters. The molecule has 1 fully saturated rings. The highest BCUT2D eigenvalue weighted by molar-refractivity contribution is 6.31. The molecule has 6 rings (SSSR count). The third-order valence-corrected chi connectivity index (χ3v) is 7.31. The third-order valence-electron chi connectivity index (χ3n) is 7.07. The van der Waals surface area contributed by atoms with Crippen molar-refractivity contribution in [3.8, 4) is 34.7 Å². The third kappa shape index (κ3) is 4.69. The molecule has 39 heavy (non-hydrogen) atoms. The first-order chi connectivity index (χ1) is 19.0. The number of pyridine rings is 1. The predicted molar refractivity (Wildman–Crippen MR) is 145 cm³/mol. The summed E-state index contributed by atoms with van der Waals surface area (Å²) in [5, 5.41) is 30.3. The average molecular weight is 539 g/mol. The van der Waals surface area contributed by atoms with Gasteiger partial charge in [0.05, 0.1) is 28.9 Å². The van der Waals surface area contributed by atoms with Crippen LogP contribution in [0.3, 0.4) is 0 Å². The second-order valence-electron chi connectivity index (χ2n) is 9.51. The van der Waals surface area contributed by atoms with Crippen LogP contribution in [0.25, 0.3) is 33.9 Å². The minimum Gasteiger partial charge on any atom is -0.507 e. The van der Waals surface area contributed by atoms with Crippen molar-refractivity contribution in [3.63, 3.8) is 0 Å². The van der Waals surface area contributed by atoms with E-state index >= 15 is 0 Å². The molecule has 3 aromatic heterocycles. The highest BCUT2D eigenvalue weighted by Gasteiger charge is 2.29. The van der Waals surface area contributed by atoms with Gasteiger partial charge in [0.1, 0.15) is 29.1 Å². The number of carbonyl (C=O) groups is 1. The highest BCUT2D eigenvalue weighted by atomic mass is 35.5. The molecule has 5 aromatic rings. The Kier molecular flexibility index (Phi) is 6.42. The molecule has 3 N–H and O–H groups in total. The normalized spacial score (nSPS) is 17.1. The molecule has 0 bridgehead atoms. The summed E-state index contributed by atoms with van der Waals surface area (Å²) in [6.45, 7) is 0. The van der Waals surface area contributed by atoms with E-state index in [-0.39, 0.29) is 29.3 Å². The van der Waals surface area contributed by atoms with Crippen LogP contribution in [0.2, 0.25) is 5.02 Å². The molecule has 1 aliphatic carbocycles. The lowest BCUT2D eigenvalue weighted by atomic mass is 9.90. The molecule has 10 nitrogen and oxygen atoms in total. The van der Waals surface area contributed by atoms with Crippen LogP contribution in [0, 0.1) is 11.3 Å². The zero-order valence-corrected chi connectivity index (χ0v) is 21.4. The number of phenolic OH excluding ortho intramolecular Hbond substituents is 1. The molecule has 1 amide bonds. The van der Waals surface area contributed by atoms with Crippen molar-refractivity contribution < 1.29 is 9.90 Å². The van der Waals surface area contributed by atoms with Gasteiger partial charge in [-0.25, -0.2) is 9.97 Å². The number of fused-ring (bicyclic) bond motifs is 1. The fourth-order valence-electron chi connectivity index (χ4n) is 5.28. The van der Waals surface area contributed by atoms with Crippen LogP contribution in [-0.2, 0) is 0 Å². The molecule has 1 aliphatic rings. The quantitative estimate of drug-likeness (QED) is 0.284. The van der Waals surface area contributed by atoms with Gasteiger partial charge in [-0.3, -0.25) is 14.9 Å². The van der Waals surface area contributed by atoms with E-state index in [9.17, 15) is 15.2 Å². The molecule has 1 saturated carbocycles. The van der Waals surface area contributed by atoms with Gasteiger partial charge in [-0.15, -0.1) is 0 Å². The largest absolute Gasteiger partial charge is 0.507 e. The standard InChI is InChI=1S/C28H23ClN8O2/c29-17-8-9-25(38)21(10-17)28(39)34-18-5-3-6-19(11-18)37-24-12-22(26-32-15-33-36-26)31-14-23(24)35-27(37)20-7-2-1-4-16(20)13-30/h1-2,4,7-10,12,14-15,18-19,38H,3,5-6,11H2,(H,34,39)(H,32,33,36)/t18?,19-/m1/s1. The van der Waals surface area contributed by atoms with Crippen molar-refractivity contribution in [1.29, 1.82) is 5.26 Å². The Morgan fingerprint density at radius 3 is 2.87 bits per heavy atom. The van der Waals surface area contributed by atoms with Crippen LogP contribution >= 0.6 is 11.6 Å². The minimum atomic E-state index is -0.372. The van der Waals surface area contributed by atoms with Gasteiger partial charge >= 0.3 is 0 Å². The molecule has 194 valence electrons. The SMILES string of the molecule is N#Cc1ccccc1-c1nc2cnc(-c3ncn[nH]3)cc2n1[C@@H]1CCCC(NC(=O)c2cc(Cl)ccc2O)C1. The first-order valence-corrected chi connectivity index (χ1v) is 12.9. The topological polar surface area (TPSA) is 145 Å². The number of hydrogen-bond donors (Lipinski definition) is 3. The molecule has 3 heterocycles. The molecule has 0 aliphatic heterocycles. The van der Waals surface area contributed by atoms with Gasteiger partial charge < -0.3 is 15.0 Å². The lowest BCUT2D eigenvalue weighted by Gasteiger charge is -2.32. The van der Waals surface area contributed by atoms with Gasteiger partial charge in [-0.05, 0) is 62.1 Å². The zero-order valence-electron chi connectivity index (χ0n) is 20.7. The van der Waals surface area contributed by atoms with Crippen LogP contribution < -0.4 is 5.32 Å². The number of phenols is 1. The van der Waals surface area contributed by atoms with Gasteiger partial charge in [0, 0.05) is 22.7 Å².